The summed E-state index contributed by atoms with van der Waals surface area (Å²) in [6.07, 6.45) is -10.8. The highest BCUT2D eigenvalue weighted by Gasteiger charge is 2.59. The molecule has 0 N–H and O–H groups in total. The Morgan fingerprint density at radius 3 is 1.73 bits per heavy atom. The Morgan fingerprint density at radius 1 is 1.00 bits per heavy atom. The molecule has 0 amide bonds. The van der Waals surface area contributed by atoms with Gasteiger partial charge in [-0.15, -0.1) is 10.2 Å². The molecular formula is C5HF6IN2S. The summed E-state index contributed by atoms with van der Waals surface area (Å²) in [5.41, 5.74) is 0. The van der Waals surface area contributed by atoms with Gasteiger partial charge in [0.25, 0.3) is 0 Å². The summed E-state index contributed by atoms with van der Waals surface area (Å²) in [6, 6.07) is 0. The van der Waals surface area contributed by atoms with E-state index in [2.05, 4.69) is 10.2 Å². The van der Waals surface area contributed by atoms with Crippen LogP contribution in [0.2, 0.25) is 0 Å². The Bertz CT molecular complexity index is 330. The first-order chi connectivity index (χ1) is 6.62. The lowest BCUT2D eigenvalue weighted by Gasteiger charge is -2.19. The fraction of sp³-hybridized carbons (Fsp3) is 0.600. The predicted molar refractivity (Wildman–Crippen MR) is 47.5 cm³/mol. The maximum atomic E-state index is 12.1. The maximum Gasteiger partial charge on any atom is 0.406 e. The van der Waals surface area contributed by atoms with Crippen molar-refractivity contribution in [1.29, 1.82) is 0 Å². The standard InChI is InChI=1S/C5HF6IN2S/c6-4(7,8)1(5(9,10)11)2-13-14-3(12)15-2/h1H. The van der Waals surface area contributed by atoms with Crippen LogP contribution in [0, 0.1) is 3.01 Å². The smallest absolute Gasteiger partial charge is 0.170 e. The first kappa shape index (κ1) is 12.9. The first-order valence-electron chi connectivity index (χ1n) is 3.24. The summed E-state index contributed by atoms with van der Waals surface area (Å²) in [6.45, 7) is 0. The highest BCUT2D eigenvalue weighted by molar-refractivity contribution is 14.1. The van der Waals surface area contributed by atoms with Crippen molar-refractivity contribution in [2.45, 2.75) is 18.3 Å². The van der Waals surface area contributed by atoms with E-state index in [-0.39, 0.29) is 14.4 Å². The Hall–Kier alpha value is -0.130. The van der Waals surface area contributed by atoms with Crippen molar-refractivity contribution in [3.05, 3.63) is 8.02 Å². The zero-order chi connectivity index (χ0) is 11.9. The molecule has 1 heterocycles. The van der Waals surface area contributed by atoms with E-state index < -0.39 is 23.3 Å². The summed E-state index contributed by atoms with van der Waals surface area (Å²) >= 11 is 1.77. The van der Waals surface area contributed by atoms with E-state index >= 15 is 0 Å². The molecule has 0 radical (unpaired) electrons. The van der Waals surface area contributed by atoms with Crippen molar-refractivity contribution in [2.75, 3.05) is 0 Å². The number of rotatable bonds is 1. The Kier molecular flexibility index (Phi) is 3.48. The molecule has 0 aliphatic rings. The van der Waals surface area contributed by atoms with Gasteiger partial charge in [-0.05, 0) is 22.6 Å². The van der Waals surface area contributed by atoms with Crippen LogP contribution in [0.1, 0.15) is 10.9 Å². The van der Waals surface area contributed by atoms with Crippen molar-refractivity contribution in [3.8, 4) is 0 Å². The summed E-state index contributed by atoms with van der Waals surface area (Å²) in [5.74, 6) is -3.55. The van der Waals surface area contributed by atoms with Crippen LogP contribution in [-0.2, 0) is 0 Å². The maximum absolute atomic E-state index is 12.1. The van der Waals surface area contributed by atoms with Gasteiger partial charge in [-0.25, -0.2) is 0 Å². The number of hydrogen-bond donors (Lipinski definition) is 0. The topological polar surface area (TPSA) is 25.8 Å². The molecule has 0 saturated heterocycles. The SMILES string of the molecule is FC(F)(F)C(c1nnc(I)s1)C(F)(F)F. The number of nitrogens with zero attached hydrogens (tertiary/aromatic N) is 2. The largest absolute Gasteiger partial charge is 0.406 e. The van der Waals surface area contributed by atoms with Gasteiger partial charge < -0.3 is 0 Å². The van der Waals surface area contributed by atoms with E-state index in [1.165, 1.54) is 22.6 Å². The Morgan fingerprint density at radius 2 is 1.47 bits per heavy atom. The van der Waals surface area contributed by atoms with Gasteiger partial charge in [-0.2, -0.15) is 26.3 Å². The minimum absolute atomic E-state index is 0.0288. The van der Waals surface area contributed by atoms with Crippen LogP contribution in [-0.4, -0.2) is 22.5 Å². The number of hydrogen-bond acceptors (Lipinski definition) is 3. The van der Waals surface area contributed by atoms with Crippen LogP contribution in [0.4, 0.5) is 26.3 Å². The first-order valence-corrected chi connectivity index (χ1v) is 5.14. The third kappa shape index (κ3) is 3.16. The van der Waals surface area contributed by atoms with Gasteiger partial charge in [0, 0.05) is 0 Å². The average Bonchev–Trinajstić information content (AvgIpc) is 2.28. The molecule has 10 heteroatoms. The third-order valence-electron chi connectivity index (χ3n) is 1.32. The molecule has 15 heavy (non-hydrogen) atoms. The summed E-state index contributed by atoms with van der Waals surface area (Å²) in [7, 11) is 0. The van der Waals surface area contributed by atoms with Gasteiger partial charge in [-0.3, -0.25) is 0 Å². The lowest BCUT2D eigenvalue weighted by Crippen LogP contribution is -2.34. The van der Waals surface area contributed by atoms with Gasteiger partial charge in [0.15, 0.2) is 3.01 Å². The molecule has 0 saturated carbocycles. The fourth-order valence-corrected chi connectivity index (χ4v) is 2.30. The Balaban J connectivity index is 3.14. The molecule has 0 unspecified atom stereocenters. The van der Waals surface area contributed by atoms with E-state index in [1.807, 2.05) is 0 Å². The quantitative estimate of drug-likeness (QED) is 0.566. The second kappa shape index (κ2) is 4.03. The molecule has 1 rings (SSSR count). The molecule has 0 bridgehead atoms. The van der Waals surface area contributed by atoms with Crippen molar-refractivity contribution in [1.82, 2.24) is 10.2 Å². The average molecular weight is 362 g/mol. The zero-order valence-electron chi connectivity index (χ0n) is 6.53. The van der Waals surface area contributed by atoms with E-state index in [0.717, 1.165) is 0 Å². The fourth-order valence-electron chi connectivity index (χ4n) is 0.798. The molecule has 0 aromatic carbocycles. The molecule has 0 atom stereocenters. The summed E-state index contributed by atoms with van der Waals surface area (Å²) in [4.78, 5) is 0. The minimum Gasteiger partial charge on any atom is -0.170 e. The van der Waals surface area contributed by atoms with Crippen molar-refractivity contribution >= 4 is 33.9 Å². The number of alkyl halides is 6. The highest BCUT2D eigenvalue weighted by Crippen LogP contribution is 2.46. The third-order valence-corrected chi connectivity index (χ3v) is 2.97. The van der Waals surface area contributed by atoms with Crippen LogP contribution in [0.5, 0.6) is 0 Å². The summed E-state index contributed by atoms with van der Waals surface area (Å²) < 4.78 is 72.8. The lowest BCUT2D eigenvalue weighted by molar-refractivity contribution is -0.253. The second-order valence-corrected chi connectivity index (χ2v) is 5.17. The molecule has 0 aliphatic carbocycles. The van der Waals surface area contributed by atoms with Crippen molar-refractivity contribution in [2.24, 2.45) is 0 Å². The monoisotopic (exact) mass is 362 g/mol. The lowest BCUT2D eigenvalue weighted by atomic mass is 10.1. The minimum atomic E-state index is -5.40. The van der Waals surface area contributed by atoms with Crippen LogP contribution >= 0.6 is 33.9 Å². The molecule has 1 aromatic rings. The van der Waals surface area contributed by atoms with Crippen LogP contribution in [0.3, 0.4) is 0 Å². The molecule has 0 fully saturated rings. The van der Waals surface area contributed by atoms with E-state index in [9.17, 15) is 26.3 Å². The normalized spacial score (nSPS) is 13.6. The molecule has 2 nitrogen and oxygen atoms in total. The van der Waals surface area contributed by atoms with Crippen LogP contribution in [0.15, 0.2) is 0 Å². The van der Waals surface area contributed by atoms with Crippen molar-refractivity contribution < 1.29 is 26.3 Å². The van der Waals surface area contributed by atoms with Crippen LogP contribution in [0.25, 0.3) is 0 Å². The zero-order valence-corrected chi connectivity index (χ0v) is 9.50. The van der Waals surface area contributed by atoms with E-state index in [0.29, 0.717) is 0 Å². The van der Waals surface area contributed by atoms with E-state index in [1.54, 1.807) is 0 Å². The molecule has 86 valence electrons. The van der Waals surface area contributed by atoms with Crippen LogP contribution < -0.4 is 0 Å². The van der Waals surface area contributed by atoms with Gasteiger partial charge in [0.2, 0.25) is 5.92 Å². The van der Waals surface area contributed by atoms with Crippen molar-refractivity contribution in [3.63, 3.8) is 0 Å². The molecule has 1 aromatic heterocycles. The van der Waals surface area contributed by atoms with Gasteiger partial charge in [-0.1, -0.05) is 11.3 Å². The number of halogens is 7. The molecule has 0 spiro atoms. The van der Waals surface area contributed by atoms with Gasteiger partial charge >= 0.3 is 12.4 Å². The molecular weight excluding hydrogens is 361 g/mol. The second-order valence-electron chi connectivity index (χ2n) is 2.41. The predicted octanol–water partition coefficient (Wildman–Crippen LogP) is 3.35. The van der Waals surface area contributed by atoms with Gasteiger partial charge in [0.05, 0.1) is 0 Å². The van der Waals surface area contributed by atoms with Gasteiger partial charge in [0.1, 0.15) is 5.01 Å². The summed E-state index contributed by atoms with van der Waals surface area (Å²) in [5, 5.41) is 4.91. The van der Waals surface area contributed by atoms with E-state index in [4.69, 9.17) is 0 Å². The number of aromatic nitrogens is 2. The Labute approximate surface area is 96.8 Å². The highest BCUT2D eigenvalue weighted by atomic mass is 127. The molecule has 0 aliphatic heterocycles.